The van der Waals surface area contributed by atoms with E-state index in [2.05, 4.69) is 10.2 Å². The largest absolute Gasteiger partial charge is 0.480 e. The molecule has 0 spiro atoms. The molecule has 0 aliphatic carbocycles. The van der Waals surface area contributed by atoms with E-state index < -0.39 is 12.0 Å². The summed E-state index contributed by atoms with van der Waals surface area (Å²) in [6.45, 7) is 5.04. The molecule has 0 aromatic rings. The third-order valence-corrected chi connectivity index (χ3v) is 4.51. The van der Waals surface area contributed by atoms with Crippen LogP contribution in [0.4, 0.5) is 4.79 Å². The Morgan fingerprint density at radius 3 is 2.75 bits per heavy atom. The topological polar surface area (TPSA) is 82.1 Å². The van der Waals surface area contributed by atoms with Crippen molar-refractivity contribution in [3.05, 3.63) is 0 Å². The molecule has 2 aliphatic rings. The quantitative estimate of drug-likeness (QED) is 0.731. The van der Waals surface area contributed by atoms with Crippen molar-refractivity contribution in [2.24, 2.45) is 0 Å². The second-order valence-corrected chi connectivity index (χ2v) is 5.96. The van der Waals surface area contributed by atoms with Gasteiger partial charge in [0.05, 0.1) is 13.2 Å². The van der Waals surface area contributed by atoms with Crippen molar-refractivity contribution in [2.75, 3.05) is 57.4 Å². The van der Waals surface area contributed by atoms with E-state index in [0.717, 1.165) is 38.6 Å². The molecule has 0 aromatic heterocycles. The van der Waals surface area contributed by atoms with Gasteiger partial charge in [-0.2, -0.15) is 11.8 Å². The van der Waals surface area contributed by atoms with Crippen molar-refractivity contribution >= 4 is 23.8 Å². The van der Waals surface area contributed by atoms with Gasteiger partial charge in [0, 0.05) is 44.2 Å². The number of aliphatic carboxylic acids is 1. The first-order chi connectivity index (χ1) is 9.68. The number of carbonyl (C=O) groups excluding carboxylic acids is 1. The highest BCUT2D eigenvalue weighted by atomic mass is 32.2. The van der Waals surface area contributed by atoms with Gasteiger partial charge in [-0.1, -0.05) is 0 Å². The molecule has 2 rings (SSSR count). The van der Waals surface area contributed by atoms with E-state index in [1.807, 2.05) is 0 Å². The first-order valence-electron chi connectivity index (χ1n) is 6.83. The number of carboxylic acid groups (broad SMARTS) is 1. The van der Waals surface area contributed by atoms with Crippen molar-refractivity contribution in [3.63, 3.8) is 0 Å². The highest BCUT2D eigenvalue weighted by molar-refractivity contribution is 7.99. The zero-order valence-corrected chi connectivity index (χ0v) is 12.2. The van der Waals surface area contributed by atoms with Gasteiger partial charge in [0.2, 0.25) is 0 Å². The Bertz CT molecular complexity index is 350. The molecule has 1 unspecified atom stereocenters. The molecule has 2 fully saturated rings. The van der Waals surface area contributed by atoms with E-state index in [0.29, 0.717) is 18.8 Å². The first kappa shape index (κ1) is 15.4. The van der Waals surface area contributed by atoms with Crippen LogP contribution >= 0.6 is 11.8 Å². The van der Waals surface area contributed by atoms with Gasteiger partial charge in [0.1, 0.15) is 6.04 Å². The Morgan fingerprint density at radius 1 is 1.30 bits per heavy atom. The minimum absolute atomic E-state index is 0.272. The summed E-state index contributed by atoms with van der Waals surface area (Å²) < 4.78 is 5.26. The molecular weight excluding hydrogens is 282 g/mol. The normalized spacial score (nSPS) is 24.4. The van der Waals surface area contributed by atoms with Crippen LogP contribution < -0.4 is 5.32 Å². The zero-order valence-electron chi connectivity index (χ0n) is 11.4. The van der Waals surface area contributed by atoms with E-state index in [1.54, 1.807) is 11.8 Å². The molecule has 2 N–H and O–H groups in total. The molecule has 8 heteroatoms. The molecule has 114 valence electrons. The second-order valence-electron chi connectivity index (χ2n) is 4.81. The lowest BCUT2D eigenvalue weighted by atomic mass is 10.3. The summed E-state index contributed by atoms with van der Waals surface area (Å²) >= 11 is 1.57. The lowest BCUT2D eigenvalue weighted by Crippen LogP contribution is -2.54. The van der Waals surface area contributed by atoms with Gasteiger partial charge >= 0.3 is 12.0 Å². The Kier molecular flexibility index (Phi) is 5.93. The van der Waals surface area contributed by atoms with E-state index >= 15 is 0 Å². The zero-order chi connectivity index (χ0) is 14.4. The number of carboxylic acids is 1. The number of hydrogen-bond acceptors (Lipinski definition) is 5. The van der Waals surface area contributed by atoms with Gasteiger partial charge in [-0.3, -0.25) is 4.90 Å². The third kappa shape index (κ3) is 4.26. The Morgan fingerprint density at radius 2 is 2.05 bits per heavy atom. The summed E-state index contributed by atoms with van der Waals surface area (Å²) in [5.74, 6) is 0.327. The van der Waals surface area contributed by atoms with Gasteiger partial charge in [0.15, 0.2) is 0 Å². The fraction of sp³-hybridized carbons (Fsp3) is 0.833. The van der Waals surface area contributed by atoms with Gasteiger partial charge in [-0.25, -0.2) is 9.59 Å². The number of carbonyl (C=O) groups is 2. The van der Waals surface area contributed by atoms with E-state index in [4.69, 9.17) is 9.84 Å². The molecule has 0 saturated carbocycles. The molecule has 2 amide bonds. The predicted octanol–water partition coefficient (Wildman–Crippen LogP) is -0.470. The van der Waals surface area contributed by atoms with Crippen LogP contribution in [0.2, 0.25) is 0 Å². The highest BCUT2D eigenvalue weighted by Crippen LogP contribution is 2.16. The summed E-state index contributed by atoms with van der Waals surface area (Å²) in [7, 11) is 0. The van der Waals surface area contributed by atoms with Crippen molar-refractivity contribution in [1.82, 2.24) is 15.1 Å². The number of rotatable bonds is 4. The standard InChI is InChI=1S/C12H21N3O4S/c16-11(17)10-9-20-8-5-15(10)12(18)13-1-2-14-3-6-19-7-4-14/h10H,1-9H2,(H,13,18)(H,16,17). The maximum atomic E-state index is 12.1. The van der Waals surface area contributed by atoms with E-state index in [9.17, 15) is 9.59 Å². The smallest absolute Gasteiger partial charge is 0.327 e. The van der Waals surface area contributed by atoms with Crippen LogP contribution in [0.15, 0.2) is 0 Å². The molecule has 1 atom stereocenters. The first-order valence-corrected chi connectivity index (χ1v) is 7.99. The van der Waals surface area contributed by atoms with Crippen molar-refractivity contribution in [2.45, 2.75) is 6.04 Å². The SMILES string of the molecule is O=C(O)C1CSCCN1C(=O)NCCN1CCOCC1. The molecule has 7 nitrogen and oxygen atoms in total. The van der Waals surface area contributed by atoms with Crippen LogP contribution in [0.5, 0.6) is 0 Å². The van der Waals surface area contributed by atoms with E-state index in [1.165, 1.54) is 4.90 Å². The summed E-state index contributed by atoms with van der Waals surface area (Å²) in [5, 5.41) is 11.9. The molecule has 0 aromatic carbocycles. The van der Waals surface area contributed by atoms with E-state index in [-0.39, 0.29) is 6.03 Å². The Hall–Kier alpha value is -0.990. The molecule has 2 saturated heterocycles. The molecule has 2 heterocycles. The van der Waals surface area contributed by atoms with Crippen LogP contribution in [0.1, 0.15) is 0 Å². The average molecular weight is 303 g/mol. The lowest BCUT2D eigenvalue weighted by Gasteiger charge is -2.33. The van der Waals surface area contributed by atoms with Crippen LogP contribution in [0.3, 0.4) is 0 Å². The van der Waals surface area contributed by atoms with Gasteiger partial charge in [-0.15, -0.1) is 0 Å². The van der Waals surface area contributed by atoms with Gasteiger partial charge < -0.3 is 20.1 Å². The number of amides is 2. The summed E-state index contributed by atoms with van der Waals surface area (Å²) in [4.78, 5) is 26.8. The van der Waals surface area contributed by atoms with Crippen LogP contribution in [-0.2, 0) is 9.53 Å². The third-order valence-electron chi connectivity index (χ3n) is 3.48. The van der Waals surface area contributed by atoms with Crippen LogP contribution in [-0.4, -0.2) is 90.4 Å². The van der Waals surface area contributed by atoms with Crippen molar-refractivity contribution < 1.29 is 19.4 Å². The Balaban J connectivity index is 1.73. The van der Waals surface area contributed by atoms with Crippen LogP contribution in [0.25, 0.3) is 0 Å². The van der Waals surface area contributed by atoms with Crippen molar-refractivity contribution in [1.29, 1.82) is 0 Å². The number of morpholine rings is 1. The maximum Gasteiger partial charge on any atom is 0.327 e. The van der Waals surface area contributed by atoms with Gasteiger partial charge in [0.25, 0.3) is 0 Å². The number of hydrogen-bond donors (Lipinski definition) is 2. The molecular formula is C12H21N3O4S. The van der Waals surface area contributed by atoms with Crippen LogP contribution in [0, 0.1) is 0 Å². The van der Waals surface area contributed by atoms with Gasteiger partial charge in [-0.05, 0) is 0 Å². The fourth-order valence-electron chi connectivity index (χ4n) is 2.30. The fourth-order valence-corrected chi connectivity index (χ4v) is 3.34. The number of ether oxygens (including phenoxy) is 1. The Labute approximate surface area is 122 Å². The number of nitrogens with one attached hydrogen (secondary N) is 1. The minimum atomic E-state index is -0.930. The minimum Gasteiger partial charge on any atom is -0.480 e. The maximum absolute atomic E-state index is 12.1. The summed E-state index contributed by atoms with van der Waals surface area (Å²) in [6.07, 6.45) is 0. The predicted molar refractivity (Wildman–Crippen MR) is 76.1 cm³/mol. The van der Waals surface area contributed by atoms with Crippen molar-refractivity contribution in [3.8, 4) is 0 Å². The molecule has 0 radical (unpaired) electrons. The highest BCUT2D eigenvalue weighted by Gasteiger charge is 2.32. The number of thioether (sulfide) groups is 1. The molecule has 2 aliphatic heterocycles. The summed E-state index contributed by atoms with van der Waals surface area (Å²) in [5.41, 5.74) is 0. The average Bonchev–Trinajstić information content (AvgIpc) is 2.48. The number of nitrogens with zero attached hydrogens (tertiary/aromatic N) is 2. The summed E-state index contributed by atoms with van der Waals surface area (Å²) in [6, 6.07) is -0.983. The number of urea groups is 1. The monoisotopic (exact) mass is 303 g/mol. The lowest BCUT2D eigenvalue weighted by molar-refractivity contribution is -0.141. The molecule has 20 heavy (non-hydrogen) atoms. The molecule has 0 bridgehead atoms. The second kappa shape index (κ2) is 7.70.